The zero-order chi connectivity index (χ0) is 11.6. The van der Waals surface area contributed by atoms with Gasteiger partial charge in [-0.1, -0.05) is 12.1 Å². The summed E-state index contributed by atoms with van der Waals surface area (Å²) in [6.45, 7) is 0.557. The molecule has 0 fully saturated rings. The summed E-state index contributed by atoms with van der Waals surface area (Å²) in [7, 11) is 0. The Hall–Kier alpha value is -1.26. The van der Waals surface area contributed by atoms with Crippen LogP contribution in [0.2, 0.25) is 0 Å². The molecule has 2 heterocycles. The van der Waals surface area contributed by atoms with Crippen LogP contribution in [0.25, 0.3) is 11.5 Å². The van der Waals surface area contributed by atoms with E-state index in [1.54, 1.807) is 12.4 Å². The average Bonchev–Trinajstić information content (AvgIpc) is 2.41. The maximum atomic E-state index is 6.88. The fourth-order valence-corrected chi connectivity index (χ4v) is 1.01. The van der Waals surface area contributed by atoms with Gasteiger partial charge in [0.05, 0.1) is 0 Å². The van der Waals surface area contributed by atoms with Gasteiger partial charge >= 0.3 is 17.1 Å². The van der Waals surface area contributed by atoms with E-state index in [-0.39, 0.29) is 30.2 Å². The Labute approximate surface area is 112 Å². The van der Waals surface area contributed by atoms with E-state index >= 15 is 0 Å². The minimum Gasteiger partial charge on any atom is -0.672 e. The fraction of sp³-hybridized carbons (Fsp3) is 0.167. The van der Waals surface area contributed by atoms with Crippen molar-refractivity contribution >= 4 is 0 Å². The van der Waals surface area contributed by atoms with E-state index in [0.29, 0.717) is 0 Å². The van der Waals surface area contributed by atoms with Crippen molar-refractivity contribution in [2.75, 3.05) is 0 Å². The van der Waals surface area contributed by atoms with Crippen LogP contribution in [0.15, 0.2) is 48.8 Å². The predicted molar refractivity (Wildman–Crippen MR) is 64.5 cm³/mol. The summed E-state index contributed by atoms with van der Waals surface area (Å²) in [6.07, 6.45) is 3.40. The molecule has 5 heteroatoms. The standard InChI is InChI=1S/2C6H7N2.Cu/c2*7-5-6-3-1-2-4-8-6;/h2*1-4,7H,5H2;/q2*-1;+2. The number of nitrogens with one attached hydrogen (secondary N) is 2. The van der Waals surface area contributed by atoms with E-state index in [9.17, 15) is 0 Å². The van der Waals surface area contributed by atoms with Gasteiger partial charge in [-0.15, -0.1) is 13.1 Å². The van der Waals surface area contributed by atoms with Crippen molar-refractivity contribution in [1.29, 1.82) is 0 Å². The summed E-state index contributed by atoms with van der Waals surface area (Å²) in [4.78, 5) is 7.82. The smallest absolute Gasteiger partial charge is 0.672 e. The van der Waals surface area contributed by atoms with Crippen LogP contribution in [0.4, 0.5) is 0 Å². The Morgan fingerprint density at radius 2 is 1.18 bits per heavy atom. The maximum absolute atomic E-state index is 6.88. The first-order valence-corrected chi connectivity index (χ1v) is 4.96. The van der Waals surface area contributed by atoms with Crippen molar-refractivity contribution in [2.24, 2.45) is 0 Å². The van der Waals surface area contributed by atoms with Gasteiger partial charge in [-0.25, -0.2) is 0 Å². The van der Waals surface area contributed by atoms with Gasteiger partial charge in [0.15, 0.2) is 0 Å². The summed E-state index contributed by atoms with van der Waals surface area (Å²) in [6, 6.07) is 11.1. The molecule has 0 atom stereocenters. The molecule has 17 heavy (non-hydrogen) atoms. The van der Waals surface area contributed by atoms with Gasteiger partial charge in [0.1, 0.15) is 0 Å². The minimum atomic E-state index is 0. The average molecular weight is 278 g/mol. The Kier molecular flexibility index (Phi) is 9.19. The van der Waals surface area contributed by atoms with Crippen molar-refractivity contribution in [3.8, 4) is 0 Å². The molecule has 2 aromatic heterocycles. The number of pyridine rings is 2. The van der Waals surface area contributed by atoms with Gasteiger partial charge in [0.2, 0.25) is 0 Å². The molecule has 0 saturated carbocycles. The molecule has 0 amide bonds. The zero-order valence-electron chi connectivity index (χ0n) is 9.23. The third-order valence-electron chi connectivity index (χ3n) is 1.81. The van der Waals surface area contributed by atoms with E-state index in [4.69, 9.17) is 11.5 Å². The van der Waals surface area contributed by atoms with Crippen LogP contribution in [0, 0.1) is 0 Å². The molecule has 1 radical (unpaired) electrons. The molecule has 0 aliphatic carbocycles. The van der Waals surface area contributed by atoms with Gasteiger partial charge in [-0.05, 0) is 24.3 Å². The van der Waals surface area contributed by atoms with Crippen LogP contribution in [0.1, 0.15) is 11.4 Å². The summed E-state index contributed by atoms with van der Waals surface area (Å²) in [5.41, 5.74) is 15.4. The molecule has 0 unspecified atom stereocenters. The molecular formula is C12H14CuN4. The van der Waals surface area contributed by atoms with Crippen molar-refractivity contribution in [2.45, 2.75) is 13.1 Å². The van der Waals surface area contributed by atoms with Crippen molar-refractivity contribution in [3.05, 3.63) is 71.6 Å². The second-order valence-corrected chi connectivity index (χ2v) is 3.00. The van der Waals surface area contributed by atoms with Gasteiger partial charge in [0, 0.05) is 23.8 Å². The number of hydrogen-bond donors (Lipinski definition) is 0. The van der Waals surface area contributed by atoms with Crippen LogP contribution in [0.5, 0.6) is 0 Å². The van der Waals surface area contributed by atoms with Crippen molar-refractivity contribution in [1.82, 2.24) is 9.97 Å². The van der Waals surface area contributed by atoms with E-state index in [0.717, 1.165) is 11.4 Å². The van der Waals surface area contributed by atoms with Crippen molar-refractivity contribution < 1.29 is 17.1 Å². The van der Waals surface area contributed by atoms with E-state index in [1.807, 2.05) is 36.4 Å². The van der Waals surface area contributed by atoms with E-state index in [1.165, 1.54) is 0 Å². The summed E-state index contributed by atoms with van der Waals surface area (Å²) >= 11 is 0. The topological polar surface area (TPSA) is 73.4 Å². The molecule has 2 rings (SSSR count). The van der Waals surface area contributed by atoms with Crippen LogP contribution in [0.3, 0.4) is 0 Å². The molecule has 0 saturated heterocycles. The molecule has 4 nitrogen and oxygen atoms in total. The molecule has 93 valence electrons. The van der Waals surface area contributed by atoms with E-state index < -0.39 is 0 Å². The second kappa shape index (κ2) is 9.93. The normalized spacial score (nSPS) is 8.59. The number of aromatic nitrogens is 2. The second-order valence-electron chi connectivity index (χ2n) is 3.00. The number of hydrogen-bond acceptors (Lipinski definition) is 2. The minimum absolute atomic E-state index is 0. The van der Waals surface area contributed by atoms with E-state index in [2.05, 4.69) is 9.97 Å². The summed E-state index contributed by atoms with van der Waals surface area (Å²) in [5, 5.41) is 0. The van der Waals surface area contributed by atoms with Crippen LogP contribution in [-0.2, 0) is 30.2 Å². The first kappa shape index (κ1) is 15.7. The zero-order valence-corrected chi connectivity index (χ0v) is 10.2. The monoisotopic (exact) mass is 277 g/mol. The molecule has 0 aromatic carbocycles. The van der Waals surface area contributed by atoms with Crippen LogP contribution in [-0.4, -0.2) is 9.97 Å². The summed E-state index contributed by atoms with van der Waals surface area (Å²) in [5.74, 6) is 0. The Bertz CT molecular complexity index is 341. The van der Waals surface area contributed by atoms with Gasteiger partial charge in [-0.3, -0.25) is 9.97 Å². The largest absolute Gasteiger partial charge is 2.00 e. The van der Waals surface area contributed by atoms with Crippen LogP contribution >= 0.6 is 0 Å². The quantitative estimate of drug-likeness (QED) is 0.790. The molecule has 2 aromatic rings. The van der Waals surface area contributed by atoms with Crippen LogP contribution < -0.4 is 0 Å². The first-order chi connectivity index (χ1) is 7.86. The van der Waals surface area contributed by atoms with Gasteiger partial charge in [-0.2, -0.15) is 0 Å². The van der Waals surface area contributed by atoms with Gasteiger partial charge in [0.25, 0.3) is 0 Å². The third-order valence-corrected chi connectivity index (χ3v) is 1.81. The maximum Gasteiger partial charge on any atom is 2.00 e. The van der Waals surface area contributed by atoms with Crippen molar-refractivity contribution in [3.63, 3.8) is 0 Å². The molecular weight excluding hydrogens is 264 g/mol. The molecule has 0 aliphatic heterocycles. The molecule has 0 bridgehead atoms. The first-order valence-electron chi connectivity index (χ1n) is 4.96. The SMILES string of the molecule is [Cu+2].[NH-]Cc1ccccn1.[NH-]Cc1ccccn1. The Morgan fingerprint density at radius 3 is 1.35 bits per heavy atom. The number of rotatable bonds is 2. The third kappa shape index (κ3) is 6.81. The Balaban J connectivity index is 0.000000284. The fourth-order valence-electron chi connectivity index (χ4n) is 1.01. The Morgan fingerprint density at radius 1 is 0.765 bits per heavy atom. The van der Waals surface area contributed by atoms with Gasteiger partial charge < -0.3 is 11.5 Å². The number of nitrogens with zero attached hydrogens (tertiary/aromatic N) is 2. The molecule has 2 N–H and O–H groups in total. The summed E-state index contributed by atoms with van der Waals surface area (Å²) < 4.78 is 0. The molecule has 0 aliphatic rings. The molecule has 0 spiro atoms. The predicted octanol–water partition coefficient (Wildman–Crippen LogP) is 3.27.